The fraction of sp³-hybridized carbons (Fsp3) is 0.194. The van der Waals surface area contributed by atoms with Gasteiger partial charge in [0.2, 0.25) is 0 Å². The van der Waals surface area contributed by atoms with Crippen LogP contribution in [0, 0.1) is 54.6 Å². The number of halogens is 6. The number of fused-ring (bicyclic) bond motifs is 2. The molecule has 6 heterocycles. The minimum absolute atomic E-state index is 0.856. The number of para-hydroxylation sites is 2. The molecule has 0 aliphatic carbocycles. The van der Waals surface area contributed by atoms with Gasteiger partial charge in [-0.1, -0.05) is 73.0 Å². The monoisotopic (exact) mass is 1420 g/mol. The summed E-state index contributed by atoms with van der Waals surface area (Å²) in [6.45, 7) is 23.9. The SMILES string of the molecule is Brc1cccnc1.Brc1cccnc1.C=Cc1cccc2nccnc12.Cc1cc(C)c(N2[CH-]CCC2)c(C)c1.Cc1cc(C)c(N2[CH-]CCC2)c(C)c1.[Cl][Ru]([Cl])=[CH]c1cccc2nccnc12.[Cl][Ru]([Cl])=[CH]c1ccccc1. The molecule has 16 heteroatoms. The van der Waals surface area contributed by atoms with Gasteiger partial charge in [-0.15, -0.1) is 0 Å². The van der Waals surface area contributed by atoms with Crippen LogP contribution in [0.4, 0.5) is 11.4 Å². The molecule has 0 unspecified atom stereocenters. The average Bonchev–Trinajstić information content (AvgIpc) is 4.18. The second-order valence-corrected chi connectivity index (χ2v) is 30.9. The van der Waals surface area contributed by atoms with Gasteiger partial charge in [0.15, 0.2) is 0 Å². The number of hydrogen-bond donors (Lipinski definition) is 0. The Balaban J connectivity index is 0.000000170. The molecule has 4 aromatic heterocycles. The van der Waals surface area contributed by atoms with Crippen LogP contribution in [0.5, 0.6) is 0 Å². The molecule has 2 aliphatic heterocycles. The molecule has 11 rings (SSSR count). The molecule has 9 aromatic rings. The van der Waals surface area contributed by atoms with Gasteiger partial charge in [0.1, 0.15) is 0 Å². The first kappa shape index (κ1) is 64.3. The fourth-order valence-electron chi connectivity index (χ4n) is 8.51. The molecule has 0 N–H and O–H groups in total. The number of nitrogens with zero attached hydrogens (tertiary/aromatic N) is 8. The van der Waals surface area contributed by atoms with E-state index in [-0.39, 0.29) is 0 Å². The first-order valence-electron chi connectivity index (χ1n) is 24.8. The van der Waals surface area contributed by atoms with Crippen molar-refractivity contribution in [1.82, 2.24) is 29.9 Å². The quantitative estimate of drug-likeness (QED) is 0.124. The number of benzene rings is 5. The van der Waals surface area contributed by atoms with E-state index < -0.39 is 27.0 Å². The van der Waals surface area contributed by atoms with Crippen molar-refractivity contribution in [2.75, 3.05) is 22.9 Å². The Morgan fingerprint density at radius 2 is 0.923 bits per heavy atom. The van der Waals surface area contributed by atoms with Crippen molar-refractivity contribution >= 4 is 119 Å². The Hall–Kier alpha value is -4.47. The standard InChI is InChI=1S/2C13H18N.C10H8N2.C9H6N2.C7H6.2C5H4BrN.4ClH.2Ru/c2*1-10-8-11(2)13(12(3)9-10)14-6-4-5-7-14;1-2-8-4-3-5-9-10(8)12-7-6-11-9;1-7-3-2-4-8-9(7)11-6-5-10-8;1-7-5-3-2-4-6-7;2*6-5-2-1-3-7-4-5;;;;;;/h2*6,8-9H,4-5,7H2,1-3H3;2-7H,1H2;1-6H;1-6H;2*1-4H;4*1H;;/q2*-1;;;;;;;;;;2*+2/p-4. The number of pyridine rings is 2. The minimum atomic E-state index is -1.79. The second-order valence-electron chi connectivity index (χ2n) is 17.6. The number of hydrogen-bond acceptors (Lipinski definition) is 8. The molecular formula is C62H64Br2Cl4N8Ru2-2. The molecule has 5 aromatic carbocycles. The van der Waals surface area contributed by atoms with Gasteiger partial charge >= 0.3 is 168 Å². The Morgan fingerprint density at radius 1 is 0.500 bits per heavy atom. The Kier molecular flexibility index (Phi) is 29.1. The second kappa shape index (κ2) is 35.3. The fourth-order valence-corrected chi connectivity index (χ4v) is 12.7. The van der Waals surface area contributed by atoms with E-state index in [0.717, 1.165) is 47.7 Å². The van der Waals surface area contributed by atoms with Gasteiger partial charge in [-0.05, 0) is 139 Å². The van der Waals surface area contributed by atoms with E-state index in [1.165, 1.54) is 83.5 Å². The van der Waals surface area contributed by atoms with E-state index in [2.05, 4.69) is 157 Å². The average molecular weight is 1430 g/mol. The number of aromatic nitrogens is 6. The van der Waals surface area contributed by atoms with Crippen molar-refractivity contribution in [3.63, 3.8) is 0 Å². The predicted molar refractivity (Wildman–Crippen MR) is 336 cm³/mol. The number of aryl methyl sites for hydroxylation is 6. The number of anilines is 2. The summed E-state index contributed by atoms with van der Waals surface area (Å²) >= 11 is 3.09. The molecule has 0 amide bonds. The van der Waals surface area contributed by atoms with E-state index in [9.17, 15) is 0 Å². The summed E-state index contributed by atoms with van der Waals surface area (Å²) < 4.78 is 5.85. The van der Waals surface area contributed by atoms with Gasteiger partial charge in [-0.25, -0.2) is 13.1 Å². The van der Waals surface area contributed by atoms with Crippen molar-refractivity contribution in [2.24, 2.45) is 0 Å². The molecule has 8 nitrogen and oxygen atoms in total. The molecule has 0 atom stereocenters. The van der Waals surface area contributed by atoms with Crippen molar-refractivity contribution < 1.29 is 27.0 Å². The summed E-state index contributed by atoms with van der Waals surface area (Å²) in [5, 5.41) is 0. The third kappa shape index (κ3) is 22.6. The van der Waals surface area contributed by atoms with Crippen LogP contribution in [0.3, 0.4) is 0 Å². The molecule has 0 spiro atoms. The summed E-state index contributed by atoms with van der Waals surface area (Å²) in [6.07, 6.45) is 20.5. The van der Waals surface area contributed by atoms with Crippen LogP contribution >= 0.6 is 70.6 Å². The van der Waals surface area contributed by atoms with Gasteiger partial charge in [-0.2, -0.15) is 12.8 Å². The normalized spacial score (nSPS) is 12.4. The van der Waals surface area contributed by atoms with Crippen molar-refractivity contribution in [2.45, 2.75) is 67.2 Å². The van der Waals surface area contributed by atoms with Crippen LogP contribution in [0.2, 0.25) is 0 Å². The Labute approximate surface area is 505 Å². The summed E-state index contributed by atoms with van der Waals surface area (Å²) in [5.74, 6) is 0. The molecular weight excluding hydrogens is 1360 g/mol. The molecule has 0 radical (unpaired) electrons. The van der Waals surface area contributed by atoms with E-state index in [1.54, 1.807) is 55.7 Å². The predicted octanol–water partition coefficient (Wildman–Crippen LogP) is 18.2. The molecule has 2 aliphatic rings. The van der Waals surface area contributed by atoms with Gasteiger partial charge in [0.25, 0.3) is 0 Å². The zero-order chi connectivity index (χ0) is 56.2. The van der Waals surface area contributed by atoms with Crippen molar-refractivity contribution in [3.8, 4) is 0 Å². The summed E-state index contributed by atoms with van der Waals surface area (Å²) in [6, 6.07) is 38.3. The maximum absolute atomic E-state index is 5.82. The van der Waals surface area contributed by atoms with Crippen LogP contribution in [0.15, 0.2) is 180 Å². The topological polar surface area (TPSA) is 83.8 Å². The van der Waals surface area contributed by atoms with Crippen LogP contribution in [0.25, 0.3) is 28.1 Å². The Morgan fingerprint density at radius 3 is 1.28 bits per heavy atom. The zero-order valence-electron chi connectivity index (χ0n) is 44.5. The summed E-state index contributed by atoms with van der Waals surface area (Å²) in [7, 11) is 23.0. The third-order valence-corrected chi connectivity index (χ3v) is 16.1. The third-order valence-electron chi connectivity index (χ3n) is 11.5. The molecule has 78 heavy (non-hydrogen) atoms. The molecule has 2 saturated heterocycles. The maximum atomic E-state index is 5.82. The van der Waals surface area contributed by atoms with Crippen LogP contribution in [0.1, 0.15) is 75.8 Å². The molecule has 0 saturated carbocycles. The van der Waals surface area contributed by atoms with Gasteiger partial charge in [0.05, 0.1) is 11.0 Å². The van der Waals surface area contributed by atoms with E-state index in [4.69, 9.17) is 38.8 Å². The molecule has 2 fully saturated rings. The van der Waals surface area contributed by atoms with Crippen molar-refractivity contribution in [1.29, 1.82) is 0 Å². The van der Waals surface area contributed by atoms with Crippen LogP contribution in [-0.4, -0.2) is 52.2 Å². The number of rotatable bonds is 5. The van der Waals surface area contributed by atoms with Gasteiger partial charge in [-0.3, -0.25) is 19.9 Å². The summed E-state index contributed by atoms with van der Waals surface area (Å²) in [4.78, 5) is 29.3. The van der Waals surface area contributed by atoms with Crippen LogP contribution < -0.4 is 9.80 Å². The van der Waals surface area contributed by atoms with Crippen LogP contribution in [-0.2, 0) is 27.0 Å². The van der Waals surface area contributed by atoms with E-state index in [1.807, 2.05) is 100 Å². The molecule has 0 bridgehead atoms. The summed E-state index contributed by atoms with van der Waals surface area (Å²) in [5.41, 5.74) is 17.9. The zero-order valence-corrected chi connectivity index (χ0v) is 54.1. The first-order chi connectivity index (χ1) is 37.6. The first-order valence-corrected chi connectivity index (χ1v) is 37.4. The molecule has 412 valence electrons. The van der Waals surface area contributed by atoms with Gasteiger partial charge < -0.3 is 9.80 Å². The Bertz CT molecular complexity index is 3160. The van der Waals surface area contributed by atoms with E-state index in [0.29, 0.717) is 0 Å². The van der Waals surface area contributed by atoms with Gasteiger partial charge in [0, 0.05) is 63.1 Å². The van der Waals surface area contributed by atoms with Crippen molar-refractivity contribution in [3.05, 3.63) is 244 Å². The van der Waals surface area contributed by atoms with E-state index >= 15 is 0 Å².